The number of likely N-dealkylation sites (tertiary alicyclic amines) is 1. The maximum atomic E-state index is 15.2. The summed E-state index contributed by atoms with van der Waals surface area (Å²) in [5.74, 6) is -4.04. The van der Waals surface area contributed by atoms with Crippen LogP contribution in [0, 0.1) is 11.3 Å². The van der Waals surface area contributed by atoms with Gasteiger partial charge in [0.1, 0.15) is 66.6 Å². The molecule has 1 unspecified atom stereocenters. The molecule has 0 spiro atoms. The molecule has 6 rings (SSSR count). The molecule has 4 aromatic carbocycles. The summed E-state index contributed by atoms with van der Waals surface area (Å²) in [4.78, 5) is 100. The van der Waals surface area contributed by atoms with Crippen molar-refractivity contribution < 1.29 is 61.3 Å². The van der Waals surface area contributed by atoms with Crippen LogP contribution in [0.5, 0.6) is 11.5 Å². The molecule has 2 aliphatic rings. The average Bonchev–Trinajstić information content (AvgIpc) is 4.39. The van der Waals surface area contributed by atoms with Gasteiger partial charge in [0, 0.05) is 26.4 Å². The Morgan fingerprint density at radius 2 is 1.33 bits per heavy atom. The van der Waals surface area contributed by atoms with Crippen molar-refractivity contribution in [1.82, 2.24) is 30.5 Å². The molecule has 20 nitrogen and oxygen atoms in total. The molecule has 1 aliphatic heterocycles. The Morgan fingerprint density at radius 1 is 0.756 bits per heavy atom. The highest BCUT2D eigenvalue weighted by Gasteiger charge is 2.46. The van der Waals surface area contributed by atoms with Crippen LogP contribution in [0.15, 0.2) is 116 Å². The van der Waals surface area contributed by atoms with Crippen molar-refractivity contribution in [2.75, 3.05) is 26.8 Å². The Labute approximate surface area is 480 Å². The molecule has 7 atom stereocenters. The lowest BCUT2D eigenvalue weighted by Gasteiger charge is -2.37. The maximum Gasteiger partial charge on any atom is 0.410 e. The SMILES string of the molecule is C=CCOc1ccc(C[C@H](NC(=O)[C@H](Cc2ccc3ccccc3c2)NC(=O)[C@@H]2C[C@H](CC=CCOc3ccc(CC(N)C(=O)O)cc3)CN2C(=O)[C@@H](NC(=O)[C@H](C)N(C)C(=O)OC(C)(C)C)C(C)(C)C)C(=O)NS(=O)(=O)C2CC2)cc1. The minimum atomic E-state index is -4.06. The van der Waals surface area contributed by atoms with Gasteiger partial charge in [-0.2, -0.15) is 0 Å². The number of nitrogens with zero attached hydrogens (tertiary/aromatic N) is 2. The van der Waals surface area contributed by atoms with Crippen molar-refractivity contribution in [3.8, 4) is 11.5 Å². The Balaban J connectivity index is 1.29. The first-order valence-corrected chi connectivity index (χ1v) is 29.0. The summed E-state index contributed by atoms with van der Waals surface area (Å²) in [5, 5.41) is 18.8. The molecule has 0 bridgehead atoms. The summed E-state index contributed by atoms with van der Waals surface area (Å²) < 4.78 is 45.5. The molecule has 1 heterocycles. The van der Waals surface area contributed by atoms with E-state index >= 15 is 9.59 Å². The molecule has 0 radical (unpaired) electrons. The van der Waals surface area contributed by atoms with Gasteiger partial charge in [0.05, 0.1) is 5.25 Å². The number of benzene rings is 4. The second-order valence-corrected chi connectivity index (χ2v) is 25.1. The number of nitrogens with one attached hydrogen (secondary N) is 4. The van der Waals surface area contributed by atoms with Crippen LogP contribution in [0.1, 0.15) is 90.8 Å². The summed E-state index contributed by atoms with van der Waals surface area (Å²) in [6.07, 6.45) is 5.73. The normalized spacial score (nSPS) is 17.4. The molecule has 442 valence electrons. The van der Waals surface area contributed by atoms with Gasteiger partial charge in [0.2, 0.25) is 33.7 Å². The number of fused-ring (bicyclic) bond motifs is 1. The molecule has 82 heavy (non-hydrogen) atoms. The molecule has 1 saturated carbocycles. The van der Waals surface area contributed by atoms with Gasteiger partial charge in [0.25, 0.3) is 5.91 Å². The van der Waals surface area contributed by atoms with Gasteiger partial charge in [-0.1, -0.05) is 112 Å². The number of aliphatic carboxylic acids is 1. The fourth-order valence-electron chi connectivity index (χ4n) is 9.24. The van der Waals surface area contributed by atoms with E-state index in [4.69, 9.17) is 19.9 Å². The van der Waals surface area contributed by atoms with Crippen LogP contribution in [-0.2, 0) is 62.8 Å². The van der Waals surface area contributed by atoms with Gasteiger partial charge >= 0.3 is 12.1 Å². The lowest BCUT2D eigenvalue weighted by Crippen LogP contribution is -2.61. The zero-order valence-electron chi connectivity index (χ0n) is 48.0. The van der Waals surface area contributed by atoms with E-state index in [0.29, 0.717) is 41.9 Å². The number of carboxylic acids is 1. The molecule has 1 aliphatic carbocycles. The van der Waals surface area contributed by atoms with Gasteiger partial charge in [-0.3, -0.25) is 38.4 Å². The van der Waals surface area contributed by atoms with Crippen LogP contribution in [0.3, 0.4) is 0 Å². The number of carbonyl (C=O) groups excluding carboxylic acids is 6. The van der Waals surface area contributed by atoms with E-state index < -0.39 is 104 Å². The Hall–Kier alpha value is -7.78. The van der Waals surface area contributed by atoms with E-state index in [1.54, 1.807) is 102 Å². The largest absolute Gasteiger partial charge is 0.490 e. The number of carbonyl (C=O) groups is 7. The average molecular weight is 1150 g/mol. The summed E-state index contributed by atoms with van der Waals surface area (Å²) in [6, 6.07) is 19.5. The minimum Gasteiger partial charge on any atom is -0.490 e. The van der Waals surface area contributed by atoms with Gasteiger partial charge in [-0.25, -0.2) is 13.2 Å². The van der Waals surface area contributed by atoms with Gasteiger partial charge < -0.3 is 45.9 Å². The first-order valence-electron chi connectivity index (χ1n) is 27.5. The highest BCUT2D eigenvalue weighted by molar-refractivity contribution is 7.90. The predicted molar refractivity (Wildman–Crippen MR) is 311 cm³/mol. The van der Waals surface area contributed by atoms with Crippen LogP contribution >= 0.6 is 0 Å². The number of hydrogen-bond donors (Lipinski definition) is 6. The van der Waals surface area contributed by atoms with E-state index in [2.05, 4.69) is 27.3 Å². The molecular weight excluding hydrogens is 1070 g/mol. The quantitative estimate of drug-likeness (QED) is 0.0409. The second kappa shape index (κ2) is 27.8. The van der Waals surface area contributed by atoms with E-state index in [-0.39, 0.29) is 51.4 Å². The molecule has 7 N–H and O–H groups in total. The third-order valence-corrected chi connectivity index (χ3v) is 16.0. The number of amides is 6. The lowest BCUT2D eigenvalue weighted by molar-refractivity contribution is -0.145. The number of ether oxygens (including phenoxy) is 3. The molecule has 21 heteroatoms. The van der Waals surface area contributed by atoms with E-state index in [1.807, 2.05) is 48.5 Å². The summed E-state index contributed by atoms with van der Waals surface area (Å²) in [5.41, 5.74) is 5.86. The fourth-order valence-corrected chi connectivity index (χ4v) is 10.6. The summed E-state index contributed by atoms with van der Waals surface area (Å²) >= 11 is 0. The fraction of sp³-hybridized carbons (Fsp3) is 0.459. The Kier molecular flexibility index (Phi) is 21.5. The Morgan fingerprint density at radius 3 is 1.91 bits per heavy atom. The smallest absolute Gasteiger partial charge is 0.410 e. The number of rotatable bonds is 26. The first kappa shape index (κ1) is 63.4. The zero-order chi connectivity index (χ0) is 60.1. The van der Waals surface area contributed by atoms with Crippen molar-refractivity contribution >= 4 is 62.4 Å². The Bertz CT molecular complexity index is 3080. The maximum absolute atomic E-state index is 15.2. The minimum absolute atomic E-state index is 0.0640. The third-order valence-electron chi connectivity index (χ3n) is 14.2. The third kappa shape index (κ3) is 18.4. The van der Waals surface area contributed by atoms with E-state index in [9.17, 15) is 37.5 Å². The number of allylic oxidation sites excluding steroid dienone is 1. The first-order chi connectivity index (χ1) is 38.6. The van der Waals surface area contributed by atoms with Crippen LogP contribution in [-0.4, -0.2) is 139 Å². The van der Waals surface area contributed by atoms with Crippen molar-refractivity contribution in [3.63, 3.8) is 0 Å². The molecule has 1 saturated heterocycles. The van der Waals surface area contributed by atoms with Crippen LogP contribution in [0.2, 0.25) is 0 Å². The predicted octanol–water partition coefficient (Wildman–Crippen LogP) is 5.75. The zero-order valence-corrected chi connectivity index (χ0v) is 48.8. The van der Waals surface area contributed by atoms with Crippen molar-refractivity contribution in [2.24, 2.45) is 17.1 Å². The second-order valence-electron chi connectivity index (χ2n) is 23.2. The number of likely N-dealkylation sites (N-methyl/N-ethyl adjacent to an activating group) is 1. The topological polar surface area (TPSA) is 282 Å². The van der Waals surface area contributed by atoms with Crippen molar-refractivity contribution in [2.45, 2.75) is 141 Å². The lowest BCUT2D eigenvalue weighted by atomic mass is 9.85. The number of carboxylic acid groups (broad SMARTS) is 1. The van der Waals surface area contributed by atoms with Gasteiger partial charge in [-0.05, 0) is 123 Å². The highest BCUT2D eigenvalue weighted by atomic mass is 32.2. The van der Waals surface area contributed by atoms with Crippen LogP contribution in [0.4, 0.5) is 4.79 Å². The standard InChI is InChI=1S/C61H79N7O13S/c1-10-30-79-45-26-21-40(22-27-45)34-50(55(71)66-82(77,78)47-28-29-47)63-54(70)49(35-41-18-23-43-16-11-12-17-44(43)32-41)64-56(72)51-36-42(15-13-14-31-80-46-24-19-39(20-25-46)33-48(62)58(74)75)37-68(51)57(73)52(60(3,4)5)65-53(69)38(2)67(9)59(76)81-61(6,7)8/h10-14,16-27,32,38,42,47-52H,1,15,28-31,33-37,62H2,2-9H3,(H,63,70)(H,64,72)(H,65,69)(H,66,71)(H,74,75)/t38-,42-,48?,49-,50-,51-,52+/m0/s1. The van der Waals surface area contributed by atoms with E-state index in [0.717, 1.165) is 21.2 Å². The molecular formula is C61H79N7O13S. The van der Waals surface area contributed by atoms with Crippen molar-refractivity contribution in [3.05, 3.63) is 132 Å². The summed E-state index contributed by atoms with van der Waals surface area (Å²) in [7, 11) is -2.64. The van der Waals surface area contributed by atoms with Gasteiger partial charge in [-0.15, -0.1) is 0 Å². The molecule has 0 aromatic heterocycles. The molecule has 6 amide bonds. The number of sulfonamides is 1. The highest BCUT2D eigenvalue weighted by Crippen LogP contribution is 2.32. The molecule has 2 fully saturated rings. The van der Waals surface area contributed by atoms with E-state index in [1.165, 1.54) is 18.9 Å². The number of nitrogens with two attached hydrogens (primary N) is 1. The number of hydrogen-bond acceptors (Lipinski definition) is 13. The summed E-state index contributed by atoms with van der Waals surface area (Å²) in [6.45, 7) is 16.0. The molecule has 4 aromatic rings. The van der Waals surface area contributed by atoms with Crippen LogP contribution < -0.4 is 35.9 Å². The van der Waals surface area contributed by atoms with Crippen molar-refractivity contribution in [1.29, 1.82) is 0 Å². The monoisotopic (exact) mass is 1150 g/mol. The van der Waals surface area contributed by atoms with Crippen LogP contribution in [0.25, 0.3) is 10.8 Å². The van der Waals surface area contributed by atoms with Gasteiger partial charge in [0.15, 0.2) is 0 Å².